The number of nitrogens with one attached hydrogen (secondary N) is 2. The van der Waals surface area contributed by atoms with Gasteiger partial charge in [0.25, 0.3) is 0 Å². The van der Waals surface area contributed by atoms with E-state index in [2.05, 4.69) is 17.2 Å². The van der Waals surface area contributed by atoms with Crippen LogP contribution in [-0.2, 0) is 6.42 Å². The molecule has 86 valence electrons. The maximum atomic E-state index is 11.2. The molecule has 1 rings (SSSR count). The van der Waals surface area contributed by atoms with Crippen molar-refractivity contribution in [3.63, 3.8) is 0 Å². The molecule has 0 spiro atoms. The lowest BCUT2D eigenvalue weighted by atomic mass is 10.1. The van der Waals surface area contributed by atoms with Gasteiger partial charge in [0.05, 0.1) is 0 Å². The molecule has 2 N–H and O–H groups in total. The van der Waals surface area contributed by atoms with Crippen LogP contribution in [0.15, 0.2) is 36.9 Å². The Balaban J connectivity index is 2.28. The minimum absolute atomic E-state index is 0.188. The lowest BCUT2D eigenvalue weighted by molar-refractivity contribution is 0.242. The molecular formula is C12H15ClN2O. The molecule has 0 heterocycles. The Labute approximate surface area is 100 Å². The van der Waals surface area contributed by atoms with Crippen LogP contribution in [0.25, 0.3) is 0 Å². The number of amides is 2. The molecule has 2 amide bonds. The van der Waals surface area contributed by atoms with E-state index >= 15 is 0 Å². The average Bonchev–Trinajstić information content (AvgIpc) is 2.29. The topological polar surface area (TPSA) is 41.1 Å². The maximum absolute atomic E-state index is 11.2. The van der Waals surface area contributed by atoms with Gasteiger partial charge in [-0.1, -0.05) is 35.9 Å². The Morgan fingerprint density at radius 1 is 1.38 bits per heavy atom. The predicted molar refractivity (Wildman–Crippen MR) is 66.8 cm³/mol. The maximum Gasteiger partial charge on any atom is 0.315 e. The van der Waals surface area contributed by atoms with Gasteiger partial charge in [0.1, 0.15) is 0 Å². The van der Waals surface area contributed by atoms with E-state index in [1.807, 2.05) is 24.3 Å². The largest absolute Gasteiger partial charge is 0.338 e. The van der Waals surface area contributed by atoms with E-state index in [0.717, 1.165) is 17.0 Å². The Bertz CT molecular complexity index is 366. The minimum Gasteiger partial charge on any atom is -0.338 e. The van der Waals surface area contributed by atoms with Gasteiger partial charge in [-0.15, -0.1) is 6.58 Å². The van der Waals surface area contributed by atoms with Gasteiger partial charge in [0.2, 0.25) is 0 Å². The van der Waals surface area contributed by atoms with Crippen molar-refractivity contribution >= 4 is 17.6 Å². The van der Waals surface area contributed by atoms with Crippen LogP contribution >= 0.6 is 11.6 Å². The van der Waals surface area contributed by atoms with Crippen LogP contribution in [-0.4, -0.2) is 19.1 Å². The number of hydrogen-bond acceptors (Lipinski definition) is 1. The van der Waals surface area contributed by atoms with E-state index in [9.17, 15) is 4.79 Å². The molecular weight excluding hydrogens is 224 g/mol. The zero-order valence-electron chi connectivity index (χ0n) is 9.00. The van der Waals surface area contributed by atoms with Crippen LogP contribution in [0, 0.1) is 0 Å². The molecule has 0 aliphatic rings. The number of halogens is 1. The molecule has 0 aliphatic heterocycles. The zero-order valence-corrected chi connectivity index (χ0v) is 9.76. The molecule has 4 heteroatoms. The van der Waals surface area contributed by atoms with Crippen LogP contribution in [0.1, 0.15) is 5.56 Å². The second-order valence-electron chi connectivity index (χ2n) is 3.27. The summed E-state index contributed by atoms with van der Waals surface area (Å²) in [6, 6.07) is 7.42. The third-order valence-corrected chi connectivity index (χ3v) is 2.41. The standard InChI is InChI=1S/C12H15ClN2O/c1-2-8-14-12(16)15-9-7-10-5-3-4-6-11(10)13/h2-6H,1,7-9H2,(H2,14,15,16). The van der Waals surface area contributed by atoms with Crippen LogP contribution < -0.4 is 10.6 Å². The molecule has 0 saturated carbocycles. The Morgan fingerprint density at radius 3 is 2.81 bits per heavy atom. The van der Waals surface area contributed by atoms with Gasteiger partial charge in [-0.2, -0.15) is 0 Å². The highest BCUT2D eigenvalue weighted by Crippen LogP contribution is 2.14. The summed E-state index contributed by atoms with van der Waals surface area (Å²) in [5.74, 6) is 0. The second kappa shape index (κ2) is 6.90. The molecule has 0 fully saturated rings. The van der Waals surface area contributed by atoms with E-state index in [1.54, 1.807) is 6.08 Å². The smallest absolute Gasteiger partial charge is 0.315 e. The van der Waals surface area contributed by atoms with Crippen LogP contribution in [0.2, 0.25) is 5.02 Å². The number of carbonyl (C=O) groups is 1. The molecule has 0 bridgehead atoms. The molecule has 1 aromatic carbocycles. The Kier molecular flexibility index (Phi) is 5.43. The van der Waals surface area contributed by atoms with E-state index < -0.39 is 0 Å². The van der Waals surface area contributed by atoms with Crippen molar-refractivity contribution < 1.29 is 4.79 Å². The Hall–Kier alpha value is -1.48. The van der Waals surface area contributed by atoms with Crippen molar-refractivity contribution in [1.29, 1.82) is 0 Å². The van der Waals surface area contributed by atoms with Crippen molar-refractivity contribution in [2.24, 2.45) is 0 Å². The second-order valence-corrected chi connectivity index (χ2v) is 3.67. The summed E-state index contributed by atoms with van der Waals surface area (Å²) in [7, 11) is 0. The van der Waals surface area contributed by atoms with E-state index in [0.29, 0.717) is 13.1 Å². The van der Waals surface area contributed by atoms with Crippen molar-refractivity contribution in [2.45, 2.75) is 6.42 Å². The SMILES string of the molecule is C=CCNC(=O)NCCc1ccccc1Cl. The number of rotatable bonds is 5. The van der Waals surface area contributed by atoms with Gasteiger partial charge >= 0.3 is 6.03 Å². The van der Waals surface area contributed by atoms with E-state index in [4.69, 9.17) is 11.6 Å². The molecule has 16 heavy (non-hydrogen) atoms. The lowest BCUT2D eigenvalue weighted by Gasteiger charge is -2.06. The normalized spacial score (nSPS) is 9.56. The molecule has 1 aromatic rings. The molecule has 0 aromatic heterocycles. The minimum atomic E-state index is -0.188. The van der Waals surface area contributed by atoms with Gasteiger partial charge in [0.15, 0.2) is 0 Å². The van der Waals surface area contributed by atoms with Gasteiger partial charge in [-0.05, 0) is 18.1 Å². The highest BCUT2D eigenvalue weighted by atomic mass is 35.5. The van der Waals surface area contributed by atoms with Gasteiger partial charge in [0, 0.05) is 18.1 Å². The molecule has 0 aliphatic carbocycles. The first-order valence-corrected chi connectivity index (χ1v) is 5.48. The summed E-state index contributed by atoms with van der Waals surface area (Å²) < 4.78 is 0. The molecule has 3 nitrogen and oxygen atoms in total. The Morgan fingerprint density at radius 2 is 2.12 bits per heavy atom. The first-order valence-electron chi connectivity index (χ1n) is 5.10. The van der Waals surface area contributed by atoms with E-state index in [1.165, 1.54) is 0 Å². The number of urea groups is 1. The summed E-state index contributed by atoms with van der Waals surface area (Å²) in [6.07, 6.45) is 2.36. The van der Waals surface area contributed by atoms with Crippen LogP contribution in [0.3, 0.4) is 0 Å². The van der Waals surface area contributed by atoms with Gasteiger partial charge in [-0.25, -0.2) is 4.79 Å². The average molecular weight is 239 g/mol. The molecule has 0 radical (unpaired) electrons. The molecule has 0 unspecified atom stereocenters. The highest BCUT2D eigenvalue weighted by molar-refractivity contribution is 6.31. The number of hydrogen-bond donors (Lipinski definition) is 2. The monoisotopic (exact) mass is 238 g/mol. The lowest BCUT2D eigenvalue weighted by Crippen LogP contribution is -2.36. The zero-order chi connectivity index (χ0) is 11.8. The van der Waals surface area contributed by atoms with Crippen molar-refractivity contribution in [1.82, 2.24) is 10.6 Å². The fourth-order valence-corrected chi connectivity index (χ4v) is 1.47. The van der Waals surface area contributed by atoms with Crippen molar-refractivity contribution in [3.05, 3.63) is 47.5 Å². The van der Waals surface area contributed by atoms with Gasteiger partial charge in [-0.3, -0.25) is 0 Å². The first-order chi connectivity index (χ1) is 7.74. The molecule has 0 atom stereocenters. The number of benzene rings is 1. The highest BCUT2D eigenvalue weighted by Gasteiger charge is 2.00. The summed E-state index contributed by atoms with van der Waals surface area (Å²) in [6.45, 7) is 4.54. The summed E-state index contributed by atoms with van der Waals surface area (Å²) in [5, 5.41) is 6.10. The molecule has 0 saturated heterocycles. The quantitative estimate of drug-likeness (QED) is 0.760. The third kappa shape index (κ3) is 4.36. The van der Waals surface area contributed by atoms with Gasteiger partial charge < -0.3 is 10.6 Å². The fourth-order valence-electron chi connectivity index (χ4n) is 1.24. The van der Waals surface area contributed by atoms with Crippen molar-refractivity contribution in [2.75, 3.05) is 13.1 Å². The third-order valence-electron chi connectivity index (χ3n) is 2.04. The van der Waals surface area contributed by atoms with E-state index in [-0.39, 0.29) is 6.03 Å². The number of carbonyl (C=O) groups excluding carboxylic acids is 1. The fraction of sp³-hybridized carbons (Fsp3) is 0.250. The summed E-state index contributed by atoms with van der Waals surface area (Å²) >= 11 is 5.98. The van der Waals surface area contributed by atoms with Crippen LogP contribution in [0.5, 0.6) is 0 Å². The summed E-state index contributed by atoms with van der Waals surface area (Å²) in [5.41, 5.74) is 1.04. The predicted octanol–water partition coefficient (Wildman–Crippen LogP) is 2.37. The van der Waals surface area contributed by atoms with Crippen molar-refractivity contribution in [3.8, 4) is 0 Å². The van der Waals surface area contributed by atoms with Crippen LogP contribution in [0.4, 0.5) is 4.79 Å². The first kappa shape index (κ1) is 12.6. The summed E-state index contributed by atoms with van der Waals surface area (Å²) in [4.78, 5) is 11.2.